The lowest BCUT2D eigenvalue weighted by Gasteiger charge is -2.26. The maximum absolute atomic E-state index is 12.2. The van der Waals surface area contributed by atoms with Crippen molar-refractivity contribution in [2.24, 2.45) is 0 Å². The molecule has 1 amide bonds. The average molecular weight is 333 g/mol. The van der Waals surface area contributed by atoms with Crippen LogP contribution < -0.4 is 0 Å². The lowest BCUT2D eigenvalue weighted by molar-refractivity contribution is -0.384. The largest absolute Gasteiger partial charge is 0.378 e. The summed E-state index contributed by atoms with van der Waals surface area (Å²) in [5.41, 5.74) is 1.58. The van der Waals surface area contributed by atoms with Gasteiger partial charge in [0.15, 0.2) is 0 Å². The van der Waals surface area contributed by atoms with E-state index in [-0.39, 0.29) is 18.0 Å². The molecule has 1 saturated heterocycles. The van der Waals surface area contributed by atoms with Crippen molar-refractivity contribution in [3.05, 3.63) is 44.8 Å². The molecule has 23 heavy (non-hydrogen) atoms. The molecule has 0 unspecified atom stereocenters. The molecule has 2 aromatic rings. The molecule has 1 aliphatic heterocycles. The Balaban J connectivity index is 1.67. The monoisotopic (exact) mass is 333 g/mol. The first-order valence-electron chi connectivity index (χ1n) is 7.18. The first kappa shape index (κ1) is 15.6. The molecule has 1 aromatic carbocycles. The number of ether oxygens (including phenoxy) is 1. The predicted molar refractivity (Wildman–Crippen MR) is 85.3 cm³/mol. The molecular formula is C15H15N3O4S. The number of non-ortho nitro benzene ring substituents is 1. The van der Waals surface area contributed by atoms with E-state index in [1.54, 1.807) is 17.0 Å². The zero-order chi connectivity index (χ0) is 16.2. The van der Waals surface area contributed by atoms with Gasteiger partial charge in [-0.2, -0.15) is 0 Å². The van der Waals surface area contributed by atoms with Crippen LogP contribution in [-0.2, 0) is 16.0 Å². The molecule has 0 N–H and O–H groups in total. The molecule has 0 aliphatic carbocycles. The van der Waals surface area contributed by atoms with Gasteiger partial charge in [0.2, 0.25) is 5.91 Å². The van der Waals surface area contributed by atoms with Crippen molar-refractivity contribution in [1.82, 2.24) is 9.88 Å². The number of hydrogen-bond donors (Lipinski definition) is 0. The Labute approximate surface area is 136 Å². The topological polar surface area (TPSA) is 85.6 Å². The molecule has 1 fully saturated rings. The van der Waals surface area contributed by atoms with Gasteiger partial charge in [-0.15, -0.1) is 11.3 Å². The number of carbonyl (C=O) groups excluding carboxylic acids is 1. The fourth-order valence-electron chi connectivity index (χ4n) is 2.33. The molecule has 2 heterocycles. The van der Waals surface area contributed by atoms with Gasteiger partial charge < -0.3 is 9.64 Å². The lowest BCUT2D eigenvalue weighted by Crippen LogP contribution is -2.41. The van der Waals surface area contributed by atoms with Crippen LogP contribution in [0.2, 0.25) is 0 Å². The summed E-state index contributed by atoms with van der Waals surface area (Å²) in [6, 6.07) is 6.24. The van der Waals surface area contributed by atoms with Gasteiger partial charge in [-0.1, -0.05) is 0 Å². The fraction of sp³-hybridized carbons (Fsp3) is 0.333. The Morgan fingerprint density at radius 1 is 1.30 bits per heavy atom. The molecule has 3 rings (SSSR count). The van der Waals surface area contributed by atoms with Gasteiger partial charge in [0.05, 0.1) is 30.3 Å². The molecular weight excluding hydrogens is 318 g/mol. The second-order valence-corrected chi connectivity index (χ2v) is 6.04. The second-order valence-electron chi connectivity index (χ2n) is 5.10. The molecule has 0 radical (unpaired) electrons. The standard InChI is InChI=1S/C15H15N3O4S/c19-15(17-5-7-22-8-6-17)9-14-16-13(10-23-14)11-1-3-12(4-2-11)18(20)21/h1-4,10H,5-9H2. The normalized spacial score (nSPS) is 14.7. The van der Waals surface area contributed by atoms with Crippen molar-refractivity contribution >= 4 is 22.9 Å². The van der Waals surface area contributed by atoms with E-state index in [1.165, 1.54) is 23.5 Å². The Morgan fingerprint density at radius 2 is 2.00 bits per heavy atom. The van der Waals surface area contributed by atoms with E-state index < -0.39 is 4.92 Å². The molecule has 0 bridgehead atoms. The number of morpholine rings is 1. The van der Waals surface area contributed by atoms with E-state index in [2.05, 4.69) is 4.98 Å². The number of benzene rings is 1. The second kappa shape index (κ2) is 6.84. The van der Waals surface area contributed by atoms with Gasteiger partial charge in [-0.05, 0) is 12.1 Å². The van der Waals surface area contributed by atoms with Crippen LogP contribution in [0.1, 0.15) is 5.01 Å². The highest BCUT2D eigenvalue weighted by molar-refractivity contribution is 7.10. The Morgan fingerprint density at radius 3 is 2.65 bits per heavy atom. The summed E-state index contributed by atoms with van der Waals surface area (Å²) < 4.78 is 5.23. The minimum Gasteiger partial charge on any atom is -0.378 e. The number of nitro benzene ring substituents is 1. The minimum absolute atomic E-state index is 0.0479. The Hall–Kier alpha value is -2.32. The van der Waals surface area contributed by atoms with E-state index >= 15 is 0 Å². The summed E-state index contributed by atoms with van der Waals surface area (Å²) in [7, 11) is 0. The van der Waals surface area contributed by atoms with Crippen molar-refractivity contribution < 1.29 is 14.5 Å². The Kier molecular flexibility index (Phi) is 4.63. The molecule has 1 aliphatic rings. The SMILES string of the molecule is O=C(Cc1nc(-c2ccc([N+](=O)[O-])cc2)cs1)N1CCOCC1. The van der Waals surface area contributed by atoms with Crippen LogP contribution >= 0.6 is 11.3 Å². The molecule has 1 aromatic heterocycles. The van der Waals surface area contributed by atoms with Crippen LogP contribution in [0, 0.1) is 10.1 Å². The molecule has 8 heteroatoms. The first-order valence-corrected chi connectivity index (χ1v) is 8.06. The van der Waals surface area contributed by atoms with E-state index in [0.29, 0.717) is 26.3 Å². The predicted octanol–water partition coefficient (Wildman–Crippen LogP) is 2.12. The molecule has 7 nitrogen and oxygen atoms in total. The van der Waals surface area contributed by atoms with E-state index in [1.807, 2.05) is 5.38 Å². The van der Waals surface area contributed by atoms with Crippen LogP contribution in [-0.4, -0.2) is 47.0 Å². The average Bonchev–Trinajstić information content (AvgIpc) is 3.04. The van der Waals surface area contributed by atoms with Gasteiger partial charge in [0, 0.05) is 36.2 Å². The third kappa shape index (κ3) is 3.72. The summed E-state index contributed by atoms with van der Waals surface area (Å²) in [5, 5.41) is 13.3. The fourth-order valence-corrected chi connectivity index (χ4v) is 3.13. The number of aromatic nitrogens is 1. The van der Waals surface area contributed by atoms with Crippen LogP contribution in [0.4, 0.5) is 5.69 Å². The number of hydrogen-bond acceptors (Lipinski definition) is 6. The van der Waals surface area contributed by atoms with Crippen LogP contribution in [0.15, 0.2) is 29.6 Å². The zero-order valence-electron chi connectivity index (χ0n) is 12.3. The van der Waals surface area contributed by atoms with E-state index in [0.717, 1.165) is 16.3 Å². The number of nitrogens with zero attached hydrogens (tertiary/aromatic N) is 3. The lowest BCUT2D eigenvalue weighted by atomic mass is 10.1. The summed E-state index contributed by atoms with van der Waals surface area (Å²) in [6.45, 7) is 2.41. The van der Waals surface area contributed by atoms with Crippen LogP contribution in [0.25, 0.3) is 11.3 Å². The van der Waals surface area contributed by atoms with Crippen LogP contribution in [0.5, 0.6) is 0 Å². The first-order chi connectivity index (χ1) is 11.1. The molecule has 120 valence electrons. The van der Waals surface area contributed by atoms with Gasteiger partial charge in [-0.3, -0.25) is 14.9 Å². The third-order valence-electron chi connectivity index (χ3n) is 3.59. The number of thiazole rings is 1. The molecule has 0 atom stereocenters. The molecule has 0 saturated carbocycles. The maximum Gasteiger partial charge on any atom is 0.269 e. The third-order valence-corrected chi connectivity index (χ3v) is 4.44. The summed E-state index contributed by atoms with van der Waals surface area (Å²) >= 11 is 1.42. The van der Waals surface area contributed by atoms with Crippen molar-refractivity contribution in [2.45, 2.75) is 6.42 Å². The van der Waals surface area contributed by atoms with Gasteiger partial charge >= 0.3 is 0 Å². The summed E-state index contributed by atoms with van der Waals surface area (Å²) in [4.78, 5) is 28.7. The minimum atomic E-state index is -0.433. The highest BCUT2D eigenvalue weighted by atomic mass is 32.1. The summed E-state index contributed by atoms with van der Waals surface area (Å²) in [5.74, 6) is 0.0536. The quantitative estimate of drug-likeness (QED) is 0.632. The molecule has 0 spiro atoms. The number of rotatable bonds is 4. The highest BCUT2D eigenvalue weighted by Gasteiger charge is 2.18. The number of amides is 1. The van der Waals surface area contributed by atoms with Crippen molar-refractivity contribution in [3.8, 4) is 11.3 Å². The van der Waals surface area contributed by atoms with Crippen molar-refractivity contribution in [3.63, 3.8) is 0 Å². The van der Waals surface area contributed by atoms with Gasteiger partial charge in [0.25, 0.3) is 5.69 Å². The smallest absolute Gasteiger partial charge is 0.269 e. The number of carbonyl (C=O) groups is 1. The van der Waals surface area contributed by atoms with Crippen molar-refractivity contribution in [2.75, 3.05) is 26.3 Å². The summed E-state index contributed by atoms with van der Waals surface area (Å²) in [6.07, 6.45) is 0.275. The van der Waals surface area contributed by atoms with Gasteiger partial charge in [-0.25, -0.2) is 4.98 Å². The van der Waals surface area contributed by atoms with Gasteiger partial charge in [0.1, 0.15) is 5.01 Å². The highest BCUT2D eigenvalue weighted by Crippen LogP contribution is 2.24. The Bertz CT molecular complexity index is 708. The van der Waals surface area contributed by atoms with Crippen LogP contribution in [0.3, 0.4) is 0 Å². The van der Waals surface area contributed by atoms with E-state index in [9.17, 15) is 14.9 Å². The number of nitro groups is 1. The van der Waals surface area contributed by atoms with E-state index in [4.69, 9.17) is 4.74 Å². The van der Waals surface area contributed by atoms with Crippen molar-refractivity contribution in [1.29, 1.82) is 0 Å². The zero-order valence-corrected chi connectivity index (χ0v) is 13.1. The maximum atomic E-state index is 12.2.